The quantitative estimate of drug-likeness (QED) is 0.698. The van der Waals surface area contributed by atoms with E-state index >= 15 is 0 Å². The van der Waals surface area contributed by atoms with E-state index in [4.69, 9.17) is 9.47 Å². The van der Waals surface area contributed by atoms with Crippen molar-refractivity contribution >= 4 is 17.7 Å². The Bertz CT molecular complexity index is 990. The number of aliphatic hydroxyl groups excluding tert-OH is 1. The lowest BCUT2D eigenvalue weighted by Gasteiger charge is -2.32. The van der Waals surface area contributed by atoms with Crippen LogP contribution in [0.2, 0.25) is 0 Å². The van der Waals surface area contributed by atoms with Crippen LogP contribution in [0.1, 0.15) is 36.0 Å². The molecular formula is C26H32N2O4S. The summed E-state index contributed by atoms with van der Waals surface area (Å²) < 4.78 is 10.9. The van der Waals surface area contributed by atoms with Gasteiger partial charge in [-0.2, -0.15) is 0 Å². The van der Waals surface area contributed by atoms with Crippen molar-refractivity contribution < 1.29 is 19.4 Å². The van der Waals surface area contributed by atoms with Crippen LogP contribution in [-0.4, -0.2) is 59.5 Å². The largest absolute Gasteiger partial charge is 0.454 e. The number of hydrogen-bond donors (Lipinski definition) is 1. The highest BCUT2D eigenvalue weighted by atomic mass is 32.2. The van der Waals surface area contributed by atoms with Crippen molar-refractivity contribution in [3.63, 3.8) is 0 Å². The van der Waals surface area contributed by atoms with Crippen molar-refractivity contribution in [2.45, 2.75) is 43.7 Å². The number of likely N-dealkylation sites (tertiary alicyclic amines) is 1. The van der Waals surface area contributed by atoms with Crippen LogP contribution in [0, 0.1) is 5.92 Å². The van der Waals surface area contributed by atoms with Gasteiger partial charge < -0.3 is 24.4 Å². The van der Waals surface area contributed by atoms with Crippen molar-refractivity contribution in [1.82, 2.24) is 9.80 Å². The molecule has 0 aliphatic carbocycles. The van der Waals surface area contributed by atoms with Crippen molar-refractivity contribution in [1.29, 1.82) is 0 Å². The molecular weight excluding hydrogens is 436 g/mol. The van der Waals surface area contributed by atoms with Gasteiger partial charge in [-0.15, -0.1) is 11.8 Å². The molecule has 0 spiro atoms. The minimum atomic E-state index is 0.0382. The maximum absolute atomic E-state index is 13.0. The number of ether oxygens (including phenoxy) is 2. The third kappa shape index (κ3) is 5.48. The summed E-state index contributed by atoms with van der Waals surface area (Å²) in [7, 11) is 0. The number of thioether (sulfide) groups is 1. The van der Waals surface area contributed by atoms with Crippen molar-refractivity contribution in [2.75, 3.05) is 38.7 Å². The molecule has 1 amide bonds. The molecule has 3 heterocycles. The predicted octanol–water partition coefficient (Wildman–Crippen LogP) is 3.69. The minimum absolute atomic E-state index is 0.0382. The number of carbonyl (C=O) groups excluding carboxylic acids is 1. The first-order valence-corrected chi connectivity index (χ1v) is 12.9. The summed E-state index contributed by atoms with van der Waals surface area (Å²) in [6.07, 6.45) is 3.98. The van der Waals surface area contributed by atoms with E-state index in [1.807, 2.05) is 23.1 Å². The topological polar surface area (TPSA) is 62.2 Å². The lowest BCUT2D eigenvalue weighted by molar-refractivity contribution is -0.132. The lowest BCUT2D eigenvalue weighted by atomic mass is 9.90. The number of rotatable bonds is 6. The molecule has 0 radical (unpaired) electrons. The van der Waals surface area contributed by atoms with E-state index in [2.05, 4.69) is 23.1 Å². The Morgan fingerprint density at radius 1 is 1.03 bits per heavy atom. The molecule has 0 unspecified atom stereocenters. The standard InChI is InChI=1S/C26H32N2O4S/c29-17-21-2-4-25-22(14-21)16-28(11-12-33-25)26(30)7-10-27-8-5-19(6-9-27)13-20-1-3-23-24(15-20)32-18-31-23/h1-4,14-15,19,29H,5-13,16-18H2. The summed E-state index contributed by atoms with van der Waals surface area (Å²) in [6, 6.07) is 12.4. The van der Waals surface area contributed by atoms with Gasteiger partial charge in [-0.25, -0.2) is 0 Å². The van der Waals surface area contributed by atoms with E-state index in [-0.39, 0.29) is 12.5 Å². The highest BCUT2D eigenvalue weighted by Gasteiger charge is 2.23. The van der Waals surface area contributed by atoms with Gasteiger partial charge in [-0.05, 0) is 73.2 Å². The second kappa shape index (κ2) is 10.4. The van der Waals surface area contributed by atoms with Gasteiger partial charge in [0.25, 0.3) is 0 Å². The molecule has 0 saturated carbocycles. The molecule has 0 aromatic heterocycles. The number of fused-ring (bicyclic) bond motifs is 2. The Labute approximate surface area is 199 Å². The number of carbonyl (C=O) groups is 1. The third-order valence-corrected chi connectivity index (χ3v) is 8.05. The van der Waals surface area contributed by atoms with E-state index in [0.717, 1.165) is 61.0 Å². The van der Waals surface area contributed by atoms with Crippen LogP contribution in [-0.2, 0) is 24.4 Å². The van der Waals surface area contributed by atoms with Crippen molar-refractivity contribution in [3.05, 3.63) is 53.1 Å². The lowest BCUT2D eigenvalue weighted by Crippen LogP contribution is -2.38. The molecule has 3 aliphatic rings. The molecule has 3 aliphatic heterocycles. The van der Waals surface area contributed by atoms with Gasteiger partial charge in [-0.3, -0.25) is 4.79 Å². The molecule has 2 aromatic carbocycles. The summed E-state index contributed by atoms with van der Waals surface area (Å²) in [6.45, 7) is 4.74. The average Bonchev–Trinajstić information content (AvgIpc) is 3.20. The zero-order valence-electron chi connectivity index (χ0n) is 19.0. The monoisotopic (exact) mass is 468 g/mol. The molecule has 0 bridgehead atoms. The minimum Gasteiger partial charge on any atom is -0.454 e. The van der Waals surface area contributed by atoms with Gasteiger partial charge in [0, 0.05) is 36.7 Å². The zero-order chi connectivity index (χ0) is 22.6. The van der Waals surface area contributed by atoms with Crippen LogP contribution >= 0.6 is 11.8 Å². The highest BCUT2D eigenvalue weighted by molar-refractivity contribution is 7.99. The maximum atomic E-state index is 13.0. The third-order valence-electron chi connectivity index (χ3n) is 6.95. The highest BCUT2D eigenvalue weighted by Crippen LogP contribution is 2.34. The van der Waals surface area contributed by atoms with Gasteiger partial charge in [0.15, 0.2) is 11.5 Å². The fourth-order valence-corrected chi connectivity index (χ4v) is 5.99. The summed E-state index contributed by atoms with van der Waals surface area (Å²) in [5.74, 6) is 3.55. The van der Waals surface area contributed by atoms with Crippen LogP contribution < -0.4 is 9.47 Å². The van der Waals surface area contributed by atoms with Crippen LogP contribution in [0.4, 0.5) is 0 Å². The van der Waals surface area contributed by atoms with Gasteiger partial charge >= 0.3 is 0 Å². The molecule has 5 rings (SSSR count). The number of hydrogen-bond acceptors (Lipinski definition) is 6. The summed E-state index contributed by atoms with van der Waals surface area (Å²) >= 11 is 1.80. The van der Waals surface area contributed by atoms with Crippen LogP contribution in [0.25, 0.3) is 0 Å². The molecule has 176 valence electrons. The first-order valence-electron chi connectivity index (χ1n) is 11.9. The van der Waals surface area contributed by atoms with Crippen molar-refractivity contribution in [2.24, 2.45) is 5.92 Å². The van der Waals surface area contributed by atoms with E-state index in [9.17, 15) is 9.90 Å². The molecule has 7 heteroatoms. The van der Waals surface area contributed by atoms with Crippen LogP contribution in [0.15, 0.2) is 41.3 Å². The Balaban J connectivity index is 1.08. The SMILES string of the molecule is O=C(CCN1CCC(Cc2ccc3c(c2)OCO3)CC1)N1CCSc2ccc(CO)cc2C1. The second-order valence-electron chi connectivity index (χ2n) is 9.19. The molecule has 33 heavy (non-hydrogen) atoms. The van der Waals surface area contributed by atoms with Crippen molar-refractivity contribution in [3.8, 4) is 11.5 Å². The number of aliphatic hydroxyl groups is 1. The Hall–Kier alpha value is -2.22. The normalized spacial score (nSPS) is 18.8. The molecule has 2 aromatic rings. The first kappa shape index (κ1) is 22.6. The number of benzene rings is 2. The Morgan fingerprint density at radius 2 is 1.85 bits per heavy atom. The maximum Gasteiger partial charge on any atom is 0.231 e. The van der Waals surface area contributed by atoms with Crippen LogP contribution in [0.3, 0.4) is 0 Å². The van der Waals surface area contributed by atoms with Gasteiger partial charge in [0.2, 0.25) is 12.7 Å². The average molecular weight is 469 g/mol. The molecule has 1 fully saturated rings. The second-order valence-corrected chi connectivity index (χ2v) is 10.3. The summed E-state index contributed by atoms with van der Waals surface area (Å²) in [5.41, 5.74) is 3.38. The van der Waals surface area contributed by atoms with Gasteiger partial charge in [0.1, 0.15) is 0 Å². The van der Waals surface area contributed by atoms with E-state index < -0.39 is 0 Å². The molecule has 6 nitrogen and oxygen atoms in total. The Morgan fingerprint density at radius 3 is 2.70 bits per heavy atom. The summed E-state index contributed by atoms with van der Waals surface area (Å²) in [4.78, 5) is 18.6. The first-order chi connectivity index (χ1) is 16.2. The molecule has 0 atom stereocenters. The predicted molar refractivity (Wildman–Crippen MR) is 129 cm³/mol. The zero-order valence-corrected chi connectivity index (χ0v) is 19.8. The summed E-state index contributed by atoms with van der Waals surface area (Å²) in [5, 5.41) is 9.45. The van der Waals surface area contributed by atoms with Gasteiger partial charge in [-0.1, -0.05) is 18.2 Å². The number of amides is 1. The van der Waals surface area contributed by atoms with E-state index in [0.29, 0.717) is 25.7 Å². The number of nitrogens with zero attached hydrogens (tertiary/aromatic N) is 2. The van der Waals surface area contributed by atoms with Gasteiger partial charge in [0.05, 0.1) is 6.61 Å². The van der Waals surface area contributed by atoms with Crippen LogP contribution in [0.5, 0.6) is 11.5 Å². The molecule has 1 saturated heterocycles. The smallest absolute Gasteiger partial charge is 0.231 e. The molecule has 1 N–H and O–H groups in total. The van der Waals surface area contributed by atoms with E-state index in [1.165, 1.54) is 23.3 Å². The fourth-order valence-electron chi connectivity index (χ4n) is 4.99. The fraction of sp³-hybridized carbons (Fsp3) is 0.500. The van der Waals surface area contributed by atoms with E-state index in [1.54, 1.807) is 11.8 Å². The number of piperidine rings is 1. The Kier molecular flexibility index (Phi) is 7.09.